The van der Waals surface area contributed by atoms with Crippen LogP contribution in [0.1, 0.15) is 11.1 Å². The summed E-state index contributed by atoms with van der Waals surface area (Å²) in [5.74, 6) is 0.922. The van der Waals surface area contributed by atoms with Crippen LogP contribution in [0.4, 0.5) is 0 Å². The number of nitrogens with one attached hydrogen (secondary N) is 1. The molecule has 1 heterocycles. The van der Waals surface area contributed by atoms with Gasteiger partial charge in [0, 0.05) is 27.3 Å². The first-order chi connectivity index (χ1) is 10.3. The van der Waals surface area contributed by atoms with Crippen LogP contribution in [-0.2, 0) is 13.0 Å². The largest absolute Gasteiger partial charge is 0.492 e. The van der Waals surface area contributed by atoms with Crippen molar-refractivity contribution < 1.29 is 4.74 Å². The van der Waals surface area contributed by atoms with Gasteiger partial charge in [-0.3, -0.25) is 0 Å². The average molecular weight is 320 g/mol. The summed E-state index contributed by atoms with van der Waals surface area (Å²) in [6, 6.07) is 14.4. The third kappa shape index (κ3) is 3.54. The molecule has 0 saturated heterocycles. The van der Waals surface area contributed by atoms with Gasteiger partial charge in [0.2, 0.25) is 0 Å². The van der Waals surface area contributed by atoms with E-state index in [0.717, 1.165) is 35.9 Å². The Bertz CT molecular complexity index is 607. The van der Waals surface area contributed by atoms with Crippen LogP contribution in [0.3, 0.4) is 0 Å². The van der Waals surface area contributed by atoms with Gasteiger partial charge in [0.25, 0.3) is 0 Å². The molecule has 0 aliphatic carbocycles. The Hall–Kier alpha value is -1.16. The maximum absolute atomic E-state index is 6.05. The molecule has 1 aliphatic rings. The van der Waals surface area contributed by atoms with E-state index in [0.29, 0.717) is 5.25 Å². The second kappa shape index (κ2) is 6.73. The molecule has 0 spiro atoms. The number of rotatable bonds is 5. The van der Waals surface area contributed by atoms with Crippen LogP contribution >= 0.6 is 23.4 Å². The molecule has 110 valence electrons. The number of hydrogen-bond acceptors (Lipinski definition) is 3. The Morgan fingerprint density at radius 3 is 2.95 bits per heavy atom. The third-order valence-electron chi connectivity index (χ3n) is 3.53. The highest BCUT2D eigenvalue weighted by molar-refractivity contribution is 8.00. The number of hydrogen-bond donors (Lipinski definition) is 1. The Morgan fingerprint density at radius 1 is 1.29 bits per heavy atom. The fourth-order valence-corrected chi connectivity index (χ4v) is 3.96. The predicted octanol–water partition coefficient (Wildman–Crippen LogP) is 4.16. The topological polar surface area (TPSA) is 21.3 Å². The van der Waals surface area contributed by atoms with E-state index in [-0.39, 0.29) is 0 Å². The number of fused-ring (bicyclic) bond motifs is 1. The van der Waals surface area contributed by atoms with E-state index < -0.39 is 0 Å². The normalized spacial score (nSPS) is 16.8. The fourth-order valence-electron chi connectivity index (χ4n) is 2.55. The molecule has 1 atom stereocenters. The number of ether oxygens (including phenoxy) is 1. The van der Waals surface area contributed by atoms with Gasteiger partial charge in [0.1, 0.15) is 12.4 Å². The molecule has 2 aromatic rings. The van der Waals surface area contributed by atoms with Gasteiger partial charge in [-0.25, -0.2) is 0 Å². The van der Waals surface area contributed by atoms with Crippen LogP contribution < -0.4 is 10.1 Å². The minimum atomic E-state index is 0.487. The number of thioether (sulfide) groups is 1. The summed E-state index contributed by atoms with van der Waals surface area (Å²) in [7, 11) is 1.92. The molecule has 1 aliphatic heterocycles. The zero-order valence-corrected chi connectivity index (χ0v) is 13.5. The number of halogens is 1. The summed E-state index contributed by atoms with van der Waals surface area (Å²) < 4.78 is 6.04. The van der Waals surface area contributed by atoms with E-state index in [1.807, 2.05) is 37.0 Å². The van der Waals surface area contributed by atoms with Crippen molar-refractivity contribution in [2.24, 2.45) is 0 Å². The first-order valence-corrected chi connectivity index (χ1v) is 8.32. The highest BCUT2D eigenvalue weighted by atomic mass is 35.5. The molecule has 0 bridgehead atoms. The van der Waals surface area contributed by atoms with Crippen molar-refractivity contribution in [2.75, 3.05) is 13.7 Å². The van der Waals surface area contributed by atoms with Crippen molar-refractivity contribution in [3.05, 3.63) is 58.6 Å². The van der Waals surface area contributed by atoms with E-state index in [9.17, 15) is 0 Å². The predicted molar refractivity (Wildman–Crippen MR) is 89.5 cm³/mol. The van der Waals surface area contributed by atoms with E-state index >= 15 is 0 Å². The highest BCUT2D eigenvalue weighted by Gasteiger charge is 2.22. The zero-order valence-electron chi connectivity index (χ0n) is 11.9. The summed E-state index contributed by atoms with van der Waals surface area (Å²) in [5.41, 5.74) is 2.54. The van der Waals surface area contributed by atoms with E-state index in [2.05, 4.69) is 29.6 Å². The average Bonchev–Trinajstić information content (AvgIpc) is 2.89. The molecule has 2 aromatic carbocycles. The van der Waals surface area contributed by atoms with Crippen LogP contribution in [0.5, 0.6) is 5.75 Å². The SMILES string of the molecule is CNCc1cc(Cl)ccc1OCC1Cc2ccccc2S1. The Kier molecular flexibility index (Phi) is 4.73. The molecule has 0 fully saturated rings. The van der Waals surface area contributed by atoms with Gasteiger partial charge in [-0.05, 0) is 43.3 Å². The first-order valence-electron chi connectivity index (χ1n) is 7.06. The Balaban J connectivity index is 1.64. The van der Waals surface area contributed by atoms with Gasteiger partial charge in [-0.1, -0.05) is 29.8 Å². The molecule has 21 heavy (non-hydrogen) atoms. The summed E-state index contributed by atoms with van der Waals surface area (Å²) >= 11 is 7.96. The lowest BCUT2D eigenvalue weighted by Gasteiger charge is -2.14. The van der Waals surface area contributed by atoms with Crippen molar-refractivity contribution in [3.8, 4) is 5.75 Å². The highest BCUT2D eigenvalue weighted by Crippen LogP contribution is 2.37. The molecule has 1 N–H and O–H groups in total. The van der Waals surface area contributed by atoms with Crippen molar-refractivity contribution in [3.63, 3.8) is 0 Å². The Labute approximate surface area is 134 Å². The Morgan fingerprint density at radius 2 is 2.14 bits per heavy atom. The lowest BCUT2D eigenvalue weighted by Crippen LogP contribution is -2.15. The van der Waals surface area contributed by atoms with Gasteiger partial charge in [-0.15, -0.1) is 11.8 Å². The second-order valence-electron chi connectivity index (χ2n) is 5.15. The molecule has 0 radical (unpaired) electrons. The maximum Gasteiger partial charge on any atom is 0.123 e. The van der Waals surface area contributed by atoms with Crippen LogP contribution in [0.25, 0.3) is 0 Å². The maximum atomic E-state index is 6.05. The molecule has 0 saturated carbocycles. The minimum Gasteiger partial charge on any atom is -0.492 e. The van der Waals surface area contributed by atoms with Crippen molar-refractivity contribution in [2.45, 2.75) is 23.1 Å². The zero-order chi connectivity index (χ0) is 14.7. The standard InChI is InChI=1S/C17H18ClNOS/c1-19-10-13-8-14(18)6-7-16(13)20-11-15-9-12-4-2-3-5-17(12)21-15/h2-8,15,19H,9-11H2,1H3. The van der Waals surface area contributed by atoms with E-state index in [1.165, 1.54) is 10.5 Å². The lowest BCUT2D eigenvalue weighted by atomic mass is 10.1. The summed E-state index contributed by atoms with van der Waals surface area (Å²) in [6.07, 6.45) is 1.08. The molecule has 0 amide bonds. The smallest absolute Gasteiger partial charge is 0.123 e. The summed E-state index contributed by atoms with van der Waals surface area (Å²) in [5, 5.41) is 4.38. The quantitative estimate of drug-likeness (QED) is 0.894. The fraction of sp³-hybridized carbons (Fsp3) is 0.294. The summed E-state index contributed by atoms with van der Waals surface area (Å²) in [4.78, 5) is 1.39. The van der Waals surface area contributed by atoms with Gasteiger partial charge >= 0.3 is 0 Å². The van der Waals surface area contributed by atoms with Crippen molar-refractivity contribution >= 4 is 23.4 Å². The molecule has 0 aromatic heterocycles. The monoisotopic (exact) mass is 319 g/mol. The molecular weight excluding hydrogens is 302 g/mol. The molecular formula is C17H18ClNOS. The van der Waals surface area contributed by atoms with Crippen LogP contribution in [0.2, 0.25) is 5.02 Å². The first kappa shape index (κ1) is 14.8. The van der Waals surface area contributed by atoms with Crippen LogP contribution in [0.15, 0.2) is 47.4 Å². The summed E-state index contributed by atoms with van der Waals surface area (Å²) in [6.45, 7) is 1.48. The van der Waals surface area contributed by atoms with Gasteiger partial charge in [0.05, 0.1) is 0 Å². The van der Waals surface area contributed by atoms with E-state index in [4.69, 9.17) is 16.3 Å². The minimum absolute atomic E-state index is 0.487. The molecule has 2 nitrogen and oxygen atoms in total. The van der Waals surface area contributed by atoms with Crippen LogP contribution in [0, 0.1) is 0 Å². The van der Waals surface area contributed by atoms with Gasteiger partial charge in [0.15, 0.2) is 0 Å². The third-order valence-corrected chi connectivity index (χ3v) is 5.05. The molecule has 4 heteroatoms. The van der Waals surface area contributed by atoms with Gasteiger partial charge in [-0.2, -0.15) is 0 Å². The lowest BCUT2D eigenvalue weighted by molar-refractivity contribution is 0.314. The van der Waals surface area contributed by atoms with E-state index in [1.54, 1.807) is 0 Å². The van der Waals surface area contributed by atoms with Crippen LogP contribution in [-0.4, -0.2) is 18.9 Å². The van der Waals surface area contributed by atoms with Crippen molar-refractivity contribution in [1.29, 1.82) is 0 Å². The second-order valence-corrected chi connectivity index (χ2v) is 6.92. The number of benzene rings is 2. The van der Waals surface area contributed by atoms with Gasteiger partial charge < -0.3 is 10.1 Å². The molecule has 1 unspecified atom stereocenters. The molecule has 3 rings (SSSR count). The van der Waals surface area contributed by atoms with Crippen molar-refractivity contribution in [1.82, 2.24) is 5.32 Å².